The zero-order valence-corrected chi connectivity index (χ0v) is 12.3. The van der Waals surface area contributed by atoms with Crippen molar-refractivity contribution in [2.24, 2.45) is 0 Å². The second-order valence-corrected chi connectivity index (χ2v) is 5.44. The number of aromatic nitrogens is 2. The molecule has 1 aromatic heterocycles. The Morgan fingerprint density at radius 1 is 1.23 bits per heavy atom. The number of hydrogen-bond donors (Lipinski definition) is 1. The van der Waals surface area contributed by atoms with Gasteiger partial charge in [0.1, 0.15) is 17.5 Å². The summed E-state index contributed by atoms with van der Waals surface area (Å²) in [6.45, 7) is 1.94. The van der Waals surface area contributed by atoms with Crippen LogP contribution in [0.25, 0.3) is 0 Å². The molecule has 2 N–H and O–H groups in total. The lowest BCUT2D eigenvalue weighted by Gasteiger charge is -2.10. The van der Waals surface area contributed by atoms with Crippen LogP contribution in [-0.2, 0) is 11.9 Å². The van der Waals surface area contributed by atoms with Crippen molar-refractivity contribution in [2.45, 2.75) is 24.0 Å². The molecule has 1 aromatic carbocycles. The minimum Gasteiger partial charge on any atom is -0.382 e. The number of rotatable bonds is 3. The summed E-state index contributed by atoms with van der Waals surface area (Å²) in [5, 5.41) is 8.66. The number of nitriles is 1. The van der Waals surface area contributed by atoms with Gasteiger partial charge in [-0.05, 0) is 12.5 Å². The lowest BCUT2D eigenvalue weighted by molar-refractivity contribution is -0.141. The Morgan fingerprint density at radius 2 is 1.86 bits per heavy atom. The highest BCUT2D eigenvalue weighted by molar-refractivity contribution is 7.98. The number of halogens is 3. The molecule has 22 heavy (non-hydrogen) atoms. The van der Waals surface area contributed by atoms with Gasteiger partial charge in [-0.15, -0.1) is 0 Å². The Balaban J connectivity index is 2.27. The molecule has 0 amide bonds. The first-order valence-corrected chi connectivity index (χ1v) is 7.13. The van der Waals surface area contributed by atoms with E-state index in [0.29, 0.717) is 5.75 Å². The van der Waals surface area contributed by atoms with Gasteiger partial charge in [0, 0.05) is 5.75 Å². The molecule has 0 saturated carbocycles. The van der Waals surface area contributed by atoms with Crippen LogP contribution in [0.3, 0.4) is 0 Å². The molecule has 0 aliphatic heterocycles. The standard InChI is InChI=1S/C14H11F3N4S/c1-8-2-4-9(5-3-8)7-22-13-20-11(14(15,16)17)10(6-18)12(19)21-13/h2-5H,7H2,1H3,(H2,19,20,21). The number of aryl methyl sites for hydroxylation is 1. The maximum absolute atomic E-state index is 12.9. The maximum Gasteiger partial charge on any atom is 0.434 e. The van der Waals surface area contributed by atoms with E-state index in [9.17, 15) is 13.2 Å². The molecule has 0 spiro atoms. The predicted molar refractivity (Wildman–Crippen MR) is 76.9 cm³/mol. The fourth-order valence-electron chi connectivity index (χ4n) is 1.67. The third kappa shape index (κ3) is 3.68. The molecule has 114 valence electrons. The van der Waals surface area contributed by atoms with Crippen molar-refractivity contribution in [3.05, 3.63) is 46.6 Å². The third-order valence-corrected chi connectivity index (χ3v) is 3.70. The second-order valence-electron chi connectivity index (χ2n) is 4.50. The topological polar surface area (TPSA) is 75.6 Å². The highest BCUT2D eigenvalue weighted by Gasteiger charge is 2.37. The van der Waals surface area contributed by atoms with E-state index in [1.807, 2.05) is 31.2 Å². The van der Waals surface area contributed by atoms with E-state index in [-0.39, 0.29) is 5.16 Å². The van der Waals surface area contributed by atoms with E-state index in [0.717, 1.165) is 22.9 Å². The summed E-state index contributed by atoms with van der Waals surface area (Å²) in [4.78, 5) is 7.19. The summed E-state index contributed by atoms with van der Waals surface area (Å²) < 4.78 is 38.7. The summed E-state index contributed by atoms with van der Waals surface area (Å²) in [6.07, 6.45) is -4.75. The number of thioether (sulfide) groups is 1. The van der Waals surface area contributed by atoms with E-state index in [4.69, 9.17) is 11.0 Å². The molecule has 0 aliphatic carbocycles. The normalized spacial score (nSPS) is 11.2. The lowest BCUT2D eigenvalue weighted by atomic mass is 10.2. The molecule has 0 aliphatic rings. The third-order valence-electron chi connectivity index (χ3n) is 2.79. The van der Waals surface area contributed by atoms with Crippen molar-refractivity contribution >= 4 is 17.6 Å². The van der Waals surface area contributed by atoms with Gasteiger partial charge in [0.2, 0.25) is 0 Å². The molecule has 0 unspecified atom stereocenters. The van der Waals surface area contributed by atoms with Crippen LogP contribution >= 0.6 is 11.8 Å². The second kappa shape index (κ2) is 6.23. The van der Waals surface area contributed by atoms with Gasteiger partial charge >= 0.3 is 6.18 Å². The molecule has 0 atom stereocenters. The SMILES string of the molecule is Cc1ccc(CSc2nc(N)c(C#N)c(C(F)(F)F)n2)cc1. The average Bonchev–Trinajstić information content (AvgIpc) is 2.45. The van der Waals surface area contributed by atoms with Gasteiger partial charge in [0.25, 0.3) is 0 Å². The van der Waals surface area contributed by atoms with Crippen LogP contribution in [0.1, 0.15) is 22.4 Å². The van der Waals surface area contributed by atoms with Crippen LogP contribution in [0.4, 0.5) is 19.0 Å². The molecule has 0 radical (unpaired) electrons. The van der Waals surface area contributed by atoms with Gasteiger partial charge in [0.15, 0.2) is 10.9 Å². The van der Waals surface area contributed by atoms with Crippen molar-refractivity contribution in [3.63, 3.8) is 0 Å². The van der Waals surface area contributed by atoms with Crippen molar-refractivity contribution < 1.29 is 13.2 Å². The van der Waals surface area contributed by atoms with Gasteiger partial charge < -0.3 is 5.73 Å². The van der Waals surface area contributed by atoms with Crippen LogP contribution in [0.15, 0.2) is 29.4 Å². The van der Waals surface area contributed by atoms with Gasteiger partial charge in [-0.2, -0.15) is 18.4 Å². The molecule has 4 nitrogen and oxygen atoms in total. The zero-order valence-electron chi connectivity index (χ0n) is 11.5. The molecule has 2 aromatic rings. The molecule has 8 heteroatoms. The first kappa shape index (κ1) is 16.1. The number of alkyl halides is 3. The highest BCUT2D eigenvalue weighted by Crippen LogP contribution is 2.33. The predicted octanol–water partition coefficient (Wildman–Crippen LogP) is 3.55. The Bertz CT molecular complexity index is 721. The first-order valence-electron chi connectivity index (χ1n) is 6.14. The minimum atomic E-state index is -4.75. The van der Waals surface area contributed by atoms with Crippen molar-refractivity contribution in [3.8, 4) is 6.07 Å². The number of nitrogen functional groups attached to an aromatic ring is 1. The summed E-state index contributed by atoms with van der Waals surface area (Å²) >= 11 is 1.03. The molecule has 0 saturated heterocycles. The number of hydrogen-bond acceptors (Lipinski definition) is 5. The average molecular weight is 324 g/mol. The van der Waals surface area contributed by atoms with Gasteiger partial charge in [-0.3, -0.25) is 0 Å². The quantitative estimate of drug-likeness (QED) is 0.690. The largest absolute Gasteiger partial charge is 0.434 e. The van der Waals surface area contributed by atoms with Crippen LogP contribution < -0.4 is 5.73 Å². The van der Waals surface area contributed by atoms with E-state index in [1.54, 1.807) is 0 Å². The Hall–Kier alpha value is -2.27. The van der Waals surface area contributed by atoms with Gasteiger partial charge in [-0.1, -0.05) is 41.6 Å². The smallest absolute Gasteiger partial charge is 0.382 e. The molecular formula is C14H11F3N4S. The van der Waals surface area contributed by atoms with Gasteiger partial charge in [-0.25, -0.2) is 9.97 Å². The number of anilines is 1. The monoisotopic (exact) mass is 324 g/mol. The van der Waals surface area contributed by atoms with Crippen LogP contribution in [0.5, 0.6) is 0 Å². The highest BCUT2D eigenvalue weighted by atomic mass is 32.2. The summed E-state index contributed by atoms with van der Waals surface area (Å²) in [5.41, 5.74) is 5.41. The molecule has 2 rings (SSSR count). The molecule has 0 fully saturated rings. The van der Waals surface area contributed by atoms with Crippen LogP contribution in [0.2, 0.25) is 0 Å². The maximum atomic E-state index is 12.9. The summed E-state index contributed by atoms with van der Waals surface area (Å²) in [7, 11) is 0. The van der Waals surface area contributed by atoms with E-state index >= 15 is 0 Å². The van der Waals surface area contributed by atoms with Crippen molar-refractivity contribution in [2.75, 3.05) is 5.73 Å². The van der Waals surface area contributed by atoms with E-state index in [1.165, 1.54) is 6.07 Å². The summed E-state index contributed by atoms with van der Waals surface area (Å²) in [6, 6.07) is 8.96. The zero-order chi connectivity index (χ0) is 16.3. The van der Waals surface area contributed by atoms with Crippen LogP contribution in [0, 0.1) is 18.3 Å². The Kier molecular flexibility index (Phi) is 4.56. The number of nitrogens with two attached hydrogens (primary N) is 1. The Morgan fingerprint density at radius 3 is 2.41 bits per heavy atom. The molecule has 0 bridgehead atoms. The first-order chi connectivity index (χ1) is 10.3. The number of nitrogens with zero attached hydrogens (tertiary/aromatic N) is 3. The number of benzene rings is 1. The fraction of sp³-hybridized carbons (Fsp3) is 0.214. The van der Waals surface area contributed by atoms with Crippen molar-refractivity contribution in [1.29, 1.82) is 5.26 Å². The van der Waals surface area contributed by atoms with Crippen molar-refractivity contribution in [1.82, 2.24) is 9.97 Å². The van der Waals surface area contributed by atoms with Gasteiger partial charge in [0.05, 0.1) is 0 Å². The summed E-state index contributed by atoms with van der Waals surface area (Å²) in [5.74, 6) is -0.0562. The van der Waals surface area contributed by atoms with E-state index < -0.39 is 23.3 Å². The Labute approximate surface area is 129 Å². The lowest BCUT2D eigenvalue weighted by Crippen LogP contribution is -2.14. The van der Waals surface area contributed by atoms with Crippen LogP contribution in [-0.4, -0.2) is 9.97 Å². The molecular weight excluding hydrogens is 313 g/mol. The fourth-order valence-corrected chi connectivity index (χ4v) is 2.48. The van der Waals surface area contributed by atoms with E-state index in [2.05, 4.69) is 9.97 Å². The minimum absolute atomic E-state index is 0.107. The molecule has 1 heterocycles.